The normalized spacial score (nSPS) is 10.2. The molecule has 0 aliphatic rings. The minimum Gasteiger partial charge on any atom is -0.545 e. The van der Waals surface area contributed by atoms with Crippen molar-refractivity contribution in [3.63, 3.8) is 0 Å². The van der Waals surface area contributed by atoms with E-state index in [1.807, 2.05) is 0 Å². The number of carbonyl (C=O) groups is 1. The Bertz CT molecular complexity index is 480. The minimum atomic E-state index is -1.62. The average Bonchev–Trinajstić information content (AvgIpc) is 2.14. The molecule has 0 bridgehead atoms. The molecule has 0 aliphatic heterocycles. The molecule has 0 radical (unpaired) electrons. The van der Waals surface area contributed by atoms with Gasteiger partial charge in [0.15, 0.2) is 0 Å². The fourth-order valence-electron chi connectivity index (χ4n) is 0.996. The van der Waals surface area contributed by atoms with Gasteiger partial charge >= 0.3 is 51.4 Å². The van der Waals surface area contributed by atoms with Gasteiger partial charge in [0.05, 0.1) is 17.6 Å². The van der Waals surface area contributed by atoms with Gasteiger partial charge in [0.25, 0.3) is 0 Å². The van der Waals surface area contributed by atoms with Crippen LogP contribution in [0.4, 0.5) is 8.78 Å². The fourth-order valence-corrected chi connectivity index (χ4v) is 0.996. The fraction of sp³-hybridized carbons (Fsp3) is 0. The molecule has 0 heterocycles. The Morgan fingerprint density at radius 2 is 2.06 bits per heavy atom. The zero-order valence-corrected chi connectivity index (χ0v) is 11.5. The quantitative estimate of drug-likeness (QED) is 0.333. The van der Waals surface area contributed by atoms with Crippen molar-refractivity contribution in [2.45, 2.75) is 0 Å². The molecule has 0 unspecified atom stereocenters. The molecule has 0 fully saturated rings. The summed E-state index contributed by atoms with van der Waals surface area (Å²) in [7, 11) is 0. The Labute approximate surface area is 133 Å². The summed E-state index contributed by atoms with van der Waals surface area (Å²) in [5.74, 6) is -3.42. The largest absolute Gasteiger partial charge is 1.00 e. The first-order chi connectivity index (χ1) is 7.04. The number of aliphatic carboxylic acids is 1. The third kappa shape index (κ3) is 4.12. The van der Waals surface area contributed by atoms with Crippen LogP contribution in [0.2, 0.25) is 0 Å². The Balaban J connectivity index is 0.00000225. The second-order valence-electron chi connectivity index (χ2n) is 2.61. The topological polar surface area (TPSA) is 63.9 Å². The van der Waals surface area contributed by atoms with Gasteiger partial charge in [0, 0.05) is 11.6 Å². The summed E-state index contributed by atoms with van der Waals surface area (Å²) in [6.45, 7) is 0. The van der Waals surface area contributed by atoms with Gasteiger partial charge in [-0.05, 0) is 18.2 Å². The van der Waals surface area contributed by atoms with E-state index in [-0.39, 0.29) is 56.9 Å². The van der Waals surface area contributed by atoms with Crippen LogP contribution in [-0.2, 0) is 4.79 Å². The van der Waals surface area contributed by atoms with Crippen LogP contribution in [0.15, 0.2) is 24.3 Å². The van der Waals surface area contributed by atoms with Gasteiger partial charge in [-0.1, -0.05) is 0 Å². The third-order valence-electron chi connectivity index (χ3n) is 1.60. The van der Waals surface area contributed by atoms with Gasteiger partial charge in [-0.25, -0.2) is 8.78 Å². The molecule has 3 nitrogen and oxygen atoms in total. The smallest absolute Gasteiger partial charge is 0.545 e. The van der Waals surface area contributed by atoms with E-state index in [9.17, 15) is 18.7 Å². The maximum absolute atomic E-state index is 13.1. The second kappa shape index (κ2) is 6.88. The summed E-state index contributed by atoms with van der Waals surface area (Å²) in [5.41, 5.74) is -0.699. The predicted molar refractivity (Wildman–Crippen MR) is 45.0 cm³/mol. The molecule has 0 saturated carbocycles. The number of allylic oxidation sites excluding steroid dienone is 1. The van der Waals surface area contributed by atoms with Crippen molar-refractivity contribution >= 4 is 11.5 Å². The van der Waals surface area contributed by atoms with E-state index in [2.05, 4.69) is 0 Å². The summed E-state index contributed by atoms with van der Waals surface area (Å²) in [4.78, 5) is 10.2. The second-order valence-corrected chi connectivity index (χ2v) is 2.61. The SMILES string of the molecule is N#C/C(=C\C(=O)[O-])c1ccc(F)cc1F.[K+]. The molecule has 76 valence electrons. The molecule has 0 aromatic heterocycles. The summed E-state index contributed by atoms with van der Waals surface area (Å²) in [6, 6.07) is 3.97. The van der Waals surface area contributed by atoms with Crippen molar-refractivity contribution in [3.8, 4) is 6.07 Å². The van der Waals surface area contributed by atoms with Gasteiger partial charge in [0.1, 0.15) is 11.6 Å². The van der Waals surface area contributed by atoms with Crippen molar-refractivity contribution in [3.05, 3.63) is 41.5 Å². The average molecular weight is 247 g/mol. The molecule has 0 atom stereocenters. The zero-order valence-electron chi connectivity index (χ0n) is 8.33. The number of carboxylic acid groups (broad SMARTS) is 1. The van der Waals surface area contributed by atoms with E-state index >= 15 is 0 Å². The number of rotatable bonds is 2. The van der Waals surface area contributed by atoms with Crippen LogP contribution < -0.4 is 56.5 Å². The summed E-state index contributed by atoms with van der Waals surface area (Å²) >= 11 is 0. The van der Waals surface area contributed by atoms with Crippen molar-refractivity contribution in [1.82, 2.24) is 0 Å². The molecule has 16 heavy (non-hydrogen) atoms. The molecule has 0 saturated heterocycles. The minimum absolute atomic E-state index is 0. The first kappa shape index (κ1) is 15.4. The number of carboxylic acids is 1. The predicted octanol–water partition coefficient (Wildman–Crippen LogP) is -2.37. The zero-order chi connectivity index (χ0) is 11.4. The Kier molecular flexibility index (Phi) is 6.63. The van der Waals surface area contributed by atoms with Gasteiger partial charge in [0.2, 0.25) is 0 Å². The molecular formula is C10H4F2KNO2. The van der Waals surface area contributed by atoms with Crippen LogP contribution in [-0.4, -0.2) is 5.97 Å². The summed E-state index contributed by atoms with van der Waals surface area (Å²) in [6.07, 6.45) is 0.455. The maximum atomic E-state index is 13.1. The first-order valence-electron chi connectivity index (χ1n) is 3.83. The Morgan fingerprint density at radius 3 is 2.50 bits per heavy atom. The number of nitrogens with zero attached hydrogens (tertiary/aromatic N) is 1. The van der Waals surface area contributed by atoms with Crippen molar-refractivity contribution in [2.75, 3.05) is 0 Å². The van der Waals surface area contributed by atoms with Crippen LogP contribution in [0.3, 0.4) is 0 Å². The van der Waals surface area contributed by atoms with Crippen molar-refractivity contribution in [1.29, 1.82) is 5.26 Å². The number of hydrogen-bond donors (Lipinski definition) is 0. The van der Waals surface area contributed by atoms with E-state index < -0.39 is 23.2 Å². The van der Waals surface area contributed by atoms with Gasteiger partial charge in [-0.15, -0.1) is 0 Å². The summed E-state index contributed by atoms with van der Waals surface area (Å²) < 4.78 is 25.6. The van der Waals surface area contributed by atoms with Crippen molar-refractivity contribution in [2.24, 2.45) is 0 Å². The molecule has 6 heteroatoms. The molecule has 1 aromatic rings. The molecular weight excluding hydrogens is 243 g/mol. The Hall–Kier alpha value is -0.584. The number of hydrogen-bond acceptors (Lipinski definition) is 3. The summed E-state index contributed by atoms with van der Waals surface area (Å²) in [5, 5.41) is 18.7. The Morgan fingerprint density at radius 1 is 1.44 bits per heavy atom. The third-order valence-corrected chi connectivity index (χ3v) is 1.60. The van der Waals surface area contributed by atoms with E-state index in [0.717, 1.165) is 12.1 Å². The van der Waals surface area contributed by atoms with E-state index in [1.165, 1.54) is 6.07 Å². The van der Waals surface area contributed by atoms with Crippen LogP contribution in [0.1, 0.15) is 5.56 Å². The number of nitriles is 1. The van der Waals surface area contributed by atoms with Gasteiger partial charge < -0.3 is 9.90 Å². The molecule has 1 rings (SSSR count). The first-order valence-corrected chi connectivity index (χ1v) is 3.83. The molecule has 0 spiro atoms. The van der Waals surface area contributed by atoms with E-state index in [1.54, 1.807) is 0 Å². The van der Waals surface area contributed by atoms with Crippen molar-refractivity contribution < 1.29 is 70.1 Å². The van der Waals surface area contributed by atoms with Crippen LogP contribution in [0.25, 0.3) is 5.57 Å². The van der Waals surface area contributed by atoms with Crippen LogP contribution >= 0.6 is 0 Å². The van der Waals surface area contributed by atoms with Crippen LogP contribution in [0, 0.1) is 23.0 Å². The van der Waals surface area contributed by atoms with Gasteiger partial charge in [-0.2, -0.15) is 5.26 Å². The van der Waals surface area contributed by atoms with Crippen LogP contribution in [0.5, 0.6) is 0 Å². The molecule has 0 amide bonds. The number of benzene rings is 1. The monoisotopic (exact) mass is 247 g/mol. The molecule has 0 aliphatic carbocycles. The van der Waals surface area contributed by atoms with E-state index in [0.29, 0.717) is 12.1 Å². The molecule has 0 N–H and O–H groups in total. The number of carbonyl (C=O) groups excluding carboxylic acids is 1. The van der Waals surface area contributed by atoms with E-state index in [4.69, 9.17) is 5.26 Å². The maximum Gasteiger partial charge on any atom is 1.00 e. The van der Waals surface area contributed by atoms with Gasteiger partial charge in [-0.3, -0.25) is 0 Å². The molecule has 1 aromatic carbocycles. The standard InChI is InChI=1S/C10H5F2NO2.K/c11-7-1-2-8(9(12)4-7)6(5-13)3-10(14)15;/h1-4H,(H,14,15);/q;+1/p-1/b6-3+;. The number of halogens is 2.